The predicted molar refractivity (Wildman–Crippen MR) is 90.1 cm³/mol. The zero-order valence-electron chi connectivity index (χ0n) is 14.0. The third-order valence-electron chi connectivity index (χ3n) is 4.25. The first-order valence-electron chi connectivity index (χ1n) is 8.22. The molecule has 0 aliphatic carbocycles. The van der Waals surface area contributed by atoms with Crippen LogP contribution in [0, 0.1) is 11.8 Å². The fraction of sp³-hybridized carbons (Fsp3) is 0.667. The molecule has 0 spiro atoms. The van der Waals surface area contributed by atoms with Gasteiger partial charge in [-0.2, -0.15) is 0 Å². The van der Waals surface area contributed by atoms with E-state index in [0.717, 1.165) is 37.8 Å². The summed E-state index contributed by atoms with van der Waals surface area (Å²) in [4.78, 5) is 2.46. The predicted octanol–water partition coefficient (Wildman–Crippen LogP) is 3.68. The molecule has 1 saturated heterocycles. The van der Waals surface area contributed by atoms with Gasteiger partial charge in [0.15, 0.2) is 0 Å². The van der Waals surface area contributed by atoms with Crippen LogP contribution in [0.1, 0.15) is 39.2 Å². The van der Waals surface area contributed by atoms with E-state index in [1.54, 1.807) is 7.11 Å². The number of anilines is 1. The molecular weight excluding hydrogens is 260 g/mol. The number of rotatable bonds is 6. The van der Waals surface area contributed by atoms with Crippen LogP contribution < -0.4 is 15.0 Å². The summed E-state index contributed by atoms with van der Waals surface area (Å²) in [5.41, 5.74) is 2.54. The summed E-state index contributed by atoms with van der Waals surface area (Å²) in [7, 11) is 1.77. The van der Waals surface area contributed by atoms with Crippen molar-refractivity contribution in [3.63, 3.8) is 0 Å². The standard InChI is InChI=1S/C18H30N2O/c1-14(2)12-19-13-16-5-6-17(18(11-16)21-4)20-9-7-15(3)8-10-20/h5-6,11,14-15,19H,7-10,12-13H2,1-4H3. The molecule has 0 atom stereocenters. The van der Waals surface area contributed by atoms with Gasteiger partial charge in [0.25, 0.3) is 0 Å². The Morgan fingerprint density at radius 2 is 2.00 bits per heavy atom. The summed E-state index contributed by atoms with van der Waals surface area (Å²) < 4.78 is 5.62. The molecule has 0 amide bonds. The largest absolute Gasteiger partial charge is 0.495 e. The van der Waals surface area contributed by atoms with Crippen LogP contribution in [0.4, 0.5) is 5.69 Å². The van der Waals surface area contributed by atoms with E-state index in [0.29, 0.717) is 5.92 Å². The van der Waals surface area contributed by atoms with Crippen molar-refractivity contribution in [3.05, 3.63) is 23.8 Å². The van der Waals surface area contributed by atoms with Crippen LogP contribution in [0.3, 0.4) is 0 Å². The highest BCUT2D eigenvalue weighted by atomic mass is 16.5. The summed E-state index contributed by atoms with van der Waals surface area (Å²) in [6.45, 7) is 11.0. The molecule has 1 aromatic rings. The molecule has 1 fully saturated rings. The van der Waals surface area contributed by atoms with Crippen molar-refractivity contribution in [2.75, 3.05) is 31.6 Å². The quantitative estimate of drug-likeness (QED) is 0.865. The van der Waals surface area contributed by atoms with E-state index in [1.165, 1.54) is 24.1 Å². The summed E-state index contributed by atoms with van der Waals surface area (Å²) >= 11 is 0. The second kappa shape index (κ2) is 7.69. The van der Waals surface area contributed by atoms with Crippen LogP contribution >= 0.6 is 0 Å². The molecule has 3 heteroatoms. The van der Waals surface area contributed by atoms with E-state index in [1.807, 2.05) is 0 Å². The number of ether oxygens (including phenoxy) is 1. The fourth-order valence-corrected chi connectivity index (χ4v) is 2.85. The first-order chi connectivity index (χ1) is 10.1. The van der Waals surface area contributed by atoms with Crippen molar-refractivity contribution in [2.24, 2.45) is 11.8 Å². The Morgan fingerprint density at radius 1 is 1.29 bits per heavy atom. The van der Waals surface area contributed by atoms with Crippen molar-refractivity contribution in [3.8, 4) is 5.75 Å². The SMILES string of the molecule is COc1cc(CNCC(C)C)ccc1N1CCC(C)CC1. The minimum absolute atomic E-state index is 0.682. The zero-order valence-corrected chi connectivity index (χ0v) is 14.0. The van der Waals surface area contributed by atoms with Gasteiger partial charge in [-0.1, -0.05) is 26.8 Å². The van der Waals surface area contributed by atoms with Crippen molar-refractivity contribution in [2.45, 2.75) is 40.2 Å². The average Bonchev–Trinajstić information content (AvgIpc) is 2.48. The number of benzene rings is 1. The van der Waals surface area contributed by atoms with E-state index in [2.05, 4.69) is 49.2 Å². The van der Waals surface area contributed by atoms with Gasteiger partial charge in [-0.25, -0.2) is 0 Å². The Labute approximate surface area is 129 Å². The van der Waals surface area contributed by atoms with Crippen LogP contribution in [0.25, 0.3) is 0 Å². The van der Waals surface area contributed by atoms with Gasteiger partial charge in [0.1, 0.15) is 5.75 Å². The molecule has 1 heterocycles. The molecule has 118 valence electrons. The van der Waals surface area contributed by atoms with Gasteiger partial charge < -0.3 is 15.0 Å². The van der Waals surface area contributed by atoms with Crippen molar-refractivity contribution in [1.29, 1.82) is 0 Å². The Kier molecular flexibility index (Phi) is 5.92. The first-order valence-corrected chi connectivity index (χ1v) is 8.22. The maximum absolute atomic E-state index is 5.62. The molecule has 21 heavy (non-hydrogen) atoms. The highest BCUT2D eigenvalue weighted by molar-refractivity contribution is 5.60. The summed E-state index contributed by atoms with van der Waals surface area (Å²) in [6, 6.07) is 6.63. The molecule has 1 aliphatic rings. The lowest BCUT2D eigenvalue weighted by Gasteiger charge is -2.33. The number of methoxy groups -OCH3 is 1. The molecule has 0 saturated carbocycles. The minimum atomic E-state index is 0.682. The van der Waals surface area contributed by atoms with E-state index >= 15 is 0 Å². The first kappa shape index (κ1) is 16.2. The normalized spacial score (nSPS) is 16.5. The molecule has 0 aromatic heterocycles. The second-order valence-electron chi connectivity index (χ2n) is 6.70. The van der Waals surface area contributed by atoms with Gasteiger partial charge in [0.05, 0.1) is 12.8 Å². The molecule has 2 rings (SSSR count). The third kappa shape index (κ3) is 4.63. The molecule has 1 aliphatic heterocycles. The second-order valence-corrected chi connectivity index (χ2v) is 6.70. The van der Waals surface area contributed by atoms with Gasteiger partial charge in [0, 0.05) is 19.6 Å². The number of hydrogen-bond donors (Lipinski definition) is 1. The maximum Gasteiger partial charge on any atom is 0.142 e. The Hall–Kier alpha value is -1.22. The fourth-order valence-electron chi connectivity index (χ4n) is 2.85. The smallest absolute Gasteiger partial charge is 0.142 e. The van der Waals surface area contributed by atoms with Crippen LogP contribution in [-0.4, -0.2) is 26.7 Å². The highest BCUT2D eigenvalue weighted by Gasteiger charge is 2.18. The molecule has 0 bridgehead atoms. The Balaban J connectivity index is 2.02. The van der Waals surface area contributed by atoms with E-state index < -0.39 is 0 Å². The van der Waals surface area contributed by atoms with Crippen LogP contribution in [0.5, 0.6) is 5.75 Å². The van der Waals surface area contributed by atoms with Crippen molar-refractivity contribution in [1.82, 2.24) is 5.32 Å². The third-order valence-corrected chi connectivity index (χ3v) is 4.25. The maximum atomic E-state index is 5.62. The molecule has 1 N–H and O–H groups in total. The molecule has 0 unspecified atom stereocenters. The molecular formula is C18H30N2O. The number of nitrogens with one attached hydrogen (secondary N) is 1. The molecule has 0 radical (unpaired) electrons. The Bertz CT molecular complexity index is 437. The number of hydrogen-bond acceptors (Lipinski definition) is 3. The van der Waals surface area contributed by atoms with E-state index in [4.69, 9.17) is 4.74 Å². The number of nitrogens with zero attached hydrogens (tertiary/aromatic N) is 1. The van der Waals surface area contributed by atoms with Gasteiger partial charge in [-0.15, -0.1) is 0 Å². The summed E-state index contributed by atoms with van der Waals surface area (Å²) in [6.07, 6.45) is 2.56. The van der Waals surface area contributed by atoms with Crippen LogP contribution in [-0.2, 0) is 6.54 Å². The molecule has 3 nitrogen and oxygen atoms in total. The van der Waals surface area contributed by atoms with Crippen molar-refractivity contribution >= 4 is 5.69 Å². The van der Waals surface area contributed by atoms with Crippen molar-refractivity contribution < 1.29 is 4.74 Å². The average molecular weight is 290 g/mol. The summed E-state index contributed by atoms with van der Waals surface area (Å²) in [5, 5.41) is 3.49. The van der Waals surface area contributed by atoms with Crippen LogP contribution in [0.2, 0.25) is 0 Å². The van der Waals surface area contributed by atoms with Gasteiger partial charge in [0.2, 0.25) is 0 Å². The summed E-state index contributed by atoms with van der Waals surface area (Å²) in [5.74, 6) is 2.54. The van der Waals surface area contributed by atoms with Gasteiger partial charge >= 0.3 is 0 Å². The molecule has 1 aromatic carbocycles. The minimum Gasteiger partial charge on any atom is -0.495 e. The lowest BCUT2D eigenvalue weighted by Crippen LogP contribution is -2.33. The van der Waals surface area contributed by atoms with Crippen LogP contribution in [0.15, 0.2) is 18.2 Å². The van der Waals surface area contributed by atoms with Gasteiger partial charge in [-0.3, -0.25) is 0 Å². The number of piperidine rings is 1. The lowest BCUT2D eigenvalue weighted by atomic mass is 9.98. The van der Waals surface area contributed by atoms with E-state index in [9.17, 15) is 0 Å². The topological polar surface area (TPSA) is 24.5 Å². The highest BCUT2D eigenvalue weighted by Crippen LogP contribution is 2.32. The van der Waals surface area contributed by atoms with E-state index in [-0.39, 0.29) is 0 Å². The monoisotopic (exact) mass is 290 g/mol. The lowest BCUT2D eigenvalue weighted by molar-refractivity contribution is 0.403. The van der Waals surface area contributed by atoms with Gasteiger partial charge in [-0.05, 0) is 48.9 Å². The zero-order chi connectivity index (χ0) is 15.2. The Morgan fingerprint density at radius 3 is 2.62 bits per heavy atom.